The Morgan fingerprint density at radius 1 is 1.15 bits per heavy atom. The lowest BCUT2D eigenvalue weighted by Gasteiger charge is -2.17. The molecule has 138 valence electrons. The average molecular weight is 389 g/mol. The van der Waals surface area contributed by atoms with Crippen molar-refractivity contribution in [2.45, 2.75) is 6.10 Å². The number of carboxylic acid groups (broad SMARTS) is 1. The predicted octanol–water partition coefficient (Wildman–Crippen LogP) is 3.22. The zero-order valence-corrected chi connectivity index (χ0v) is 14.8. The fourth-order valence-electron chi connectivity index (χ4n) is 2.76. The SMILES string of the molecule is Cn1ccc(C(O)c2c(F)ccc(C(=O)O)c2C(=O)c2ccc(Cl)cc2)n1. The lowest BCUT2D eigenvalue weighted by Crippen LogP contribution is -2.18. The van der Waals surface area contributed by atoms with E-state index in [-0.39, 0.29) is 11.3 Å². The third kappa shape index (κ3) is 3.60. The van der Waals surface area contributed by atoms with E-state index in [9.17, 15) is 24.2 Å². The van der Waals surface area contributed by atoms with Gasteiger partial charge in [0.25, 0.3) is 0 Å². The first kappa shape index (κ1) is 18.8. The van der Waals surface area contributed by atoms with Crippen molar-refractivity contribution in [1.29, 1.82) is 0 Å². The van der Waals surface area contributed by atoms with Crippen LogP contribution >= 0.6 is 11.6 Å². The van der Waals surface area contributed by atoms with Gasteiger partial charge in [0, 0.05) is 35.0 Å². The number of nitrogens with zero attached hydrogens (tertiary/aromatic N) is 2. The minimum atomic E-state index is -1.61. The molecule has 2 aromatic carbocycles. The van der Waals surface area contributed by atoms with Gasteiger partial charge >= 0.3 is 5.97 Å². The molecule has 1 unspecified atom stereocenters. The molecule has 1 atom stereocenters. The number of aromatic nitrogens is 2. The summed E-state index contributed by atoms with van der Waals surface area (Å²) in [5.41, 5.74) is -1.08. The van der Waals surface area contributed by atoms with E-state index in [1.165, 1.54) is 41.2 Å². The molecule has 1 heterocycles. The second kappa shape index (κ2) is 7.30. The van der Waals surface area contributed by atoms with Crippen molar-refractivity contribution in [2.75, 3.05) is 0 Å². The predicted molar refractivity (Wildman–Crippen MR) is 95.5 cm³/mol. The summed E-state index contributed by atoms with van der Waals surface area (Å²) >= 11 is 5.82. The van der Waals surface area contributed by atoms with Crippen molar-refractivity contribution in [3.05, 3.63) is 87.4 Å². The number of aromatic carboxylic acids is 1. The van der Waals surface area contributed by atoms with E-state index < -0.39 is 40.4 Å². The summed E-state index contributed by atoms with van der Waals surface area (Å²) in [5, 5.41) is 24.5. The number of halogens is 2. The molecule has 1 aromatic heterocycles. The van der Waals surface area contributed by atoms with Crippen LogP contribution in [0.3, 0.4) is 0 Å². The highest BCUT2D eigenvalue weighted by molar-refractivity contribution is 6.30. The third-order valence-electron chi connectivity index (χ3n) is 4.04. The summed E-state index contributed by atoms with van der Waals surface area (Å²) in [5.74, 6) is -3.06. The van der Waals surface area contributed by atoms with E-state index in [1.54, 1.807) is 7.05 Å². The Labute approximate surface area is 158 Å². The van der Waals surface area contributed by atoms with Crippen LogP contribution in [-0.2, 0) is 7.05 Å². The highest BCUT2D eigenvalue weighted by Gasteiger charge is 2.30. The Morgan fingerprint density at radius 3 is 2.37 bits per heavy atom. The molecule has 0 aliphatic rings. The van der Waals surface area contributed by atoms with E-state index >= 15 is 0 Å². The van der Waals surface area contributed by atoms with Crippen molar-refractivity contribution in [1.82, 2.24) is 9.78 Å². The zero-order valence-electron chi connectivity index (χ0n) is 14.1. The lowest BCUT2D eigenvalue weighted by molar-refractivity contribution is 0.0692. The van der Waals surface area contributed by atoms with Crippen LogP contribution in [0.5, 0.6) is 0 Å². The number of carboxylic acids is 1. The van der Waals surface area contributed by atoms with Gasteiger partial charge in [-0.3, -0.25) is 9.48 Å². The van der Waals surface area contributed by atoms with Crippen molar-refractivity contribution in [2.24, 2.45) is 7.05 Å². The maximum Gasteiger partial charge on any atom is 0.336 e. The van der Waals surface area contributed by atoms with Crippen LogP contribution in [0.1, 0.15) is 43.6 Å². The van der Waals surface area contributed by atoms with E-state index in [1.807, 2.05) is 0 Å². The van der Waals surface area contributed by atoms with Gasteiger partial charge in [0.1, 0.15) is 11.9 Å². The number of hydrogen-bond acceptors (Lipinski definition) is 4. The molecule has 0 saturated heterocycles. The van der Waals surface area contributed by atoms with E-state index in [2.05, 4.69) is 5.10 Å². The first-order valence-corrected chi connectivity index (χ1v) is 8.21. The van der Waals surface area contributed by atoms with Crippen LogP contribution in [0, 0.1) is 5.82 Å². The number of hydrogen-bond donors (Lipinski definition) is 2. The maximum atomic E-state index is 14.6. The molecule has 0 fully saturated rings. The van der Waals surface area contributed by atoms with E-state index in [0.717, 1.165) is 12.1 Å². The molecular weight excluding hydrogens is 375 g/mol. The minimum absolute atomic E-state index is 0.0871. The van der Waals surface area contributed by atoms with Gasteiger partial charge in [0.15, 0.2) is 5.78 Å². The van der Waals surface area contributed by atoms with Gasteiger partial charge in [0.2, 0.25) is 0 Å². The fourth-order valence-corrected chi connectivity index (χ4v) is 2.88. The summed E-state index contributed by atoms with van der Waals surface area (Å²) in [6, 6.07) is 9.08. The molecular formula is C19H14ClFN2O4. The molecule has 0 aliphatic heterocycles. The van der Waals surface area contributed by atoms with Crippen LogP contribution in [-0.4, -0.2) is 31.7 Å². The van der Waals surface area contributed by atoms with Gasteiger partial charge in [-0.05, 0) is 42.5 Å². The average Bonchev–Trinajstić information content (AvgIpc) is 3.07. The number of rotatable bonds is 5. The Balaban J connectivity index is 2.23. The maximum absolute atomic E-state index is 14.6. The Morgan fingerprint density at radius 2 is 1.81 bits per heavy atom. The van der Waals surface area contributed by atoms with Crippen LogP contribution in [0.4, 0.5) is 4.39 Å². The molecule has 0 radical (unpaired) electrons. The third-order valence-corrected chi connectivity index (χ3v) is 4.30. The van der Waals surface area contributed by atoms with Crippen molar-refractivity contribution < 1.29 is 24.2 Å². The second-order valence-corrected chi connectivity index (χ2v) is 6.28. The van der Waals surface area contributed by atoms with Gasteiger partial charge in [-0.25, -0.2) is 9.18 Å². The quantitative estimate of drug-likeness (QED) is 0.655. The van der Waals surface area contributed by atoms with E-state index in [4.69, 9.17) is 11.6 Å². The number of aliphatic hydroxyl groups excluding tert-OH is 1. The Kier molecular flexibility index (Phi) is 5.07. The van der Waals surface area contributed by atoms with Crippen molar-refractivity contribution in [3.63, 3.8) is 0 Å². The zero-order chi connectivity index (χ0) is 19.7. The van der Waals surface area contributed by atoms with Crippen molar-refractivity contribution >= 4 is 23.4 Å². The van der Waals surface area contributed by atoms with Crippen LogP contribution in [0.25, 0.3) is 0 Å². The molecule has 3 aromatic rings. The highest BCUT2D eigenvalue weighted by Crippen LogP contribution is 2.31. The van der Waals surface area contributed by atoms with Gasteiger partial charge < -0.3 is 10.2 Å². The Bertz CT molecular complexity index is 1030. The normalized spacial score (nSPS) is 12.0. The van der Waals surface area contributed by atoms with Crippen molar-refractivity contribution in [3.8, 4) is 0 Å². The van der Waals surface area contributed by atoms with Crippen LogP contribution in [0.2, 0.25) is 5.02 Å². The number of benzene rings is 2. The smallest absolute Gasteiger partial charge is 0.336 e. The number of carbonyl (C=O) groups is 2. The number of aliphatic hydroxyl groups is 1. The summed E-state index contributed by atoms with van der Waals surface area (Å²) < 4.78 is 16.0. The summed E-state index contributed by atoms with van der Waals surface area (Å²) in [6.07, 6.45) is -0.0742. The molecule has 8 heteroatoms. The van der Waals surface area contributed by atoms with Gasteiger partial charge in [-0.1, -0.05) is 11.6 Å². The molecule has 0 spiro atoms. The fraction of sp³-hybridized carbons (Fsp3) is 0.105. The van der Waals surface area contributed by atoms with Crippen LogP contribution < -0.4 is 0 Å². The minimum Gasteiger partial charge on any atom is -0.478 e. The molecule has 0 amide bonds. The molecule has 0 saturated carbocycles. The topological polar surface area (TPSA) is 92.4 Å². The molecule has 0 bridgehead atoms. The first-order chi connectivity index (χ1) is 12.8. The summed E-state index contributed by atoms with van der Waals surface area (Å²) in [4.78, 5) is 24.6. The molecule has 27 heavy (non-hydrogen) atoms. The lowest BCUT2D eigenvalue weighted by atomic mass is 9.89. The monoisotopic (exact) mass is 388 g/mol. The number of aryl methyl sites for hydroxylation is 1. The standard InChI is InChI=1S/C19H14ClFN2O4/c1-23-9-8-14(22-23)18(25)16-13(21)7-6-12(19(26)27)15(16)17(24)10-2-4-11(20)5-3-10/h2-9,18,25H,1H3,(H,26,27). The summed E-state index contributed by atoms with van der Waals surface area (Å²) in [7, 11) is 1.61. The Hall–Kier alpha value is -3.03. The van der Waals surface area contributed by atoms with Gasteiger partial charge in [0.05, 0.1) is 11.3 Å². The molecule has 2 N–H and O–H groups in total. The first-order valence-electron chi connectivity index (χ1n) is 7.83. The highest BCUT2D eigenvalue weighted by atomic mass is 35.5. The summed E-state index contributed by atoms with van der Waals surface area (Å²) in [6.45, 7) is 0. The number of ketones is 1. The van der Waals surface area contributed by atoms with Gasteiger partial charge in [-0.2, -0.15) is 5.10 Å². The van der Waals surface area contributed by atoms with Crippen LogP contribution in [0.15, 0.2) is 48.7 Å². The second-order valence-electron chi connectivity index (χ2n) is 5.84. The molecule has 3 rings (SSSR count). The molecule has 6 nitrogen and oxygen atoms in total. The number of carbonyl (C=O) groups excluding carboxylic acids is 1. The van der Waals surface area contributed by atoms with E-state index in [0.29, 0.717) is 5.02 Å². The van der Waals surface area contributed by atoms with Gasteiger partial charge in [-0.15, -0.1) is 0 Å². The molecule has 0 aliphatic carbocycles. The largest absolute Gasteiger partial charge is 0.478 e.